The van der Waals surface area contributed by atoms with Crippen LogP contribution in [0.3, 0.4) is 0 Å². The van der Waals surface area contributed by atoms with Crippen LogP contribution in [0.25, 0.3) is 28.3 Å². The summed E-state index contributed by atoms with van der Waals surface area (Å²) in [6, 6.07) is 8.69. The molecule has 4 aromatic rings. The number of aromatic nitrogens is 4. The van der Waals surface area contributed by atoms with Crippen molar-refractivity contribution in [3.8, 4) is 17.4 Å². The van der Waals surface area contributed by atoms with Crippen LogP contribution in [0, 0.1) is 6.92 Å². The average molecular weight is 421 g/mol. The fraction of sp³-hybridized carbons (Fsp3) is 0.111. The van der Waals surface area contributed by atoms with Gasteiger partial charge >= 0.3 is 0 Å². The molecule has 3 heterocycles. The van der Waals surface area contributed by atoms with Gasteiger partial charge in [-0.25, -0.2) is 14.6 Å². The zero-order chi connectivity index (χ0) is 19.1. The first-order chi connectivity index (χ1) is 13.0. The summed E-state index contributed by atoms with van der Waals surface area (Å²) in [6.07, 6.45) is 1.62. The fourth-order valence-electron chi connectivity index (χ4n) is 2.79. The van der Waals surface area contributed by atoms with Crippen molar-refractivity contribution in [3.05, 3.63) is 62.8 Å². The van der Waals surface area contributed by atoms with E-state index in [4.69, 9.17) is 39.2 Å². The Labute approximate surface area is 169 Å². The summed E-state index contributed by atoms with van der Waals surface area (Å²) in [5, 5.41) is 6.26. The lowest BCUT2D eigenvalue weighted by Gasteiger charge is -2.09. The third-order valence-electron chi connectivity index (χ3n) is 3.94. The zero-order valence-electron chi connectivity index (χ0n) is 14.2. The van der Waals surface area contributed by atoms with Crippen LogP contribution in [-0.2, 0) is 0 Å². The average Bonchev–Trinajstić information content (AvgIpc) is 3.03. The van der Waals surface area contributed by atoms with Crippen molar-refractivity contribution in [3.63, 3.8) is 0 Å². The standard InChI is InChI=1S/C18H12Cl3N5O/c1-9-6-10(19)7-11-15(9)24-18(27-17(11)22-2)13-8-14(21)25-26(13)16-12(20)4-3-5-23-16/h3-8H,1-2H3/b22-17-. The molecule has 0 unspecified atom stereocenters. The van der Waals surface area contributed by atoms with Crippen LogP contribution in [0.2, 0.25) is 15.2 Å². The van der Waals surface area contributed by atoms with Gasteiger partial charge in [-0.15, -0.1) is 0 Å². The van der Waals surface area contributed by atoms with E-state index in [-0.39, 0.29) is 11.0 Å². The highest BCUT2D eigenvalue weighted by Crippen LogP contribution is 2.28. The summed E-state index contributed by atoms with van der Waals surface area (Å²) in [5.74, 6) is 0.704. The molecule has 0 radical (unpaired) electrons. The number of benzene rings is 1. The van der Waals surface area contributed by atoms with E-state index in [1.54, 1.807) is 37.5 Å². The number of fused-ring (bicyclic) bond motifs is 1. The second-order valence-electron chi connectivity index (χ2n) is 5.74. The van der Waals surface area contributed by atoms with Gasteiger partial charge in [-0.3, -0.25) is 4.99 Å². The Hall–Kier alpha value is -2.41. The van der Waals surface area contributed by atoms with E-state index < -0.39 is 0 Å². The quantitative estimate of drug-likeness (QED) is 0.464. The number of aryl methyl sites for hydroxylation is 1. The summed E-state index contributed by atoms with van der Waals surface area (Å²) in [5.41, 5.74) is 2.52. The molecule has 0 aliphatic heterocycles. The molecule has 6 nitrogen and oxygen atoms in total. The van der Waals surface area contributed by atoms with Gasteiger partial charge in [0, 0.05) is 24.3 Å². The predicted molar refractivity (Wildman–Crippen MR) is 106 cm³/mol. The second kappa shape index (κ2) is 6.96. The molecule has 136 valence electrons. The molecule has 4 rings (SSSR count). The minimum absolute atomic E-state index is 0.256. The van der Waals surface area contributed by atoms with Crippen LogP contribution < -0.4 is 5.55 Å². The Balaban J connectivity index is 2.04. The van der Waals surface area contributed by atoms with Crippen molar-refractivity contribution >= 4 is 45.7 Å². The molecule has 0 bridgehead atoms. The smallest absolute Gasteiger partial charge is 0.248 e. The molecule has 0 atom stereocenters. The fourth-order valence-corrected chi connectivity index (χ4v) is 3.45. The summed E-state index contributed by atoms with van der Waals surface area (Å²) < 4.78 is 7.42. The first-order valence-electron chi connectivity index (χ1n) is 7.88. The first kappa shape index (κ1) is 18.0. The van der Waals surface area contributed by atoms with Crippen molar-refractivity contribution in [2.24, 2.45) is 4.99 Å². The van der Waals surface area contributed by atoms with Gasteiger partial charge in [-0.2, -0.15) is 5.10 Å². The highest BCUT2D eigenvalue weighted by atomic mass is 35.5. The highest BCUT2D eigenvalue weighted by molar-refractivity contribution is 6.32. The minimum atomic E-state index is 0.256. The Kier molecular flexibility index (Phi) is 4.63. The van der Waals surface area contributed by atoms with Crippen LogP contribution in [0.4, 0.5) is 0 Å². The SMILES string of the molecule is C/N=c1\oc(-c2cc(Cl)nn2-c2ncccc2Cl)nc2c(C)cc(Cl)cc12. The lowest BCUT2D eigenvalue weighted by Crippen LogP contribution is -2.09. The van der Waals surface area contributed by atoms with Crippen molar-refractivity contribution in [2.75, 3.05) is 7.05 Å². The summed E-state index contributed by atoms with van der Waals surface area (Å²) in [6.45, 7) is 1.92. The third-order valence-corrected chi connectivity index (χ3v) is 4.64. The molecule has 0 spiro atoms. The molecule has 0 aliphatic carbocycles. The van der Waals surface area contributed by atoms with Gasteiger partial charge in [0.05, 0.1) is 15.9 Å². The molecule has 0 saturated carbocycles. The van der Waals surface area contributed by atoms with Gasteiger partial charge in [-0.1, -0.05) is 34.8 Å². The van der Waals surface area contributed by atoms with E-state index in [1.807, 2.05) is 13.0 Å². The van der Waals surface area contributed by atoms with Gasteiger partial charge < -0.3 is 4.42 Å². The number of pyridine rings is 1. The van der Waals surface area contributed by atoms with E-state index in [1.165, 1.54) is 4.68 Å². The van der Waals surface area contributed by atoms with Gasteiger partial charge in [0.25, 0.3) is 0 Å². The number of hydrogen-bond donors (Lipinski definition) is 0. The Bertz CT molecular complexity index is 1250. The molecular weight excluding hydrogens is 409 g/mol. The van der Waals surface area contributed by atoms with Crippen molar-refractivity contribution in [2.45, 2.75) is 6.92 Å². The maximum Gasteiger partial charge on any atom is 0.248 e. The molecule has 0 aliphatic rings. The number of rotatable bonds is 2. The minimum Gasteiger partial charge on any atom is -0.418 e. The maximum absolute atomic E-state index is 6.27. The lowest BCUT2D eigenvalue weighted by atomic mass is 10.1. The van der Waals surface area contributed by atoms with Crippen LogP contribution in [-0.4, -0.2) is 26.8 Å². The normalized spacial score (nSPS) is 12.1. The molecule has 0 N–H and O–H groups in total. The Morgan fingerprint density at radius 1 is 1.15 bits per heavy atom. The van der Waals surface area contributed by atoms with Crippen LogP contribution >= 0.6 is 34.8 Å². The molecule has 27 heavy (non-hydrogen) atoms. The van der Waals surface area contributed by atoms with Crippen LogP contribution in [0.15, 0.2) is 45.9 Å². The summed E-state index contributed by atoms with van der Waals surface area (Å²) >= 11 is 18.6. The maximum atomic E-state index is 6.27. The lowest BCUT2D eigenvalue weighted by molar-refractivity contribution is 0.497. The number of hydrogen-bond acceptors (Lipinski definition) is 5. The van der Waals surface area contributed by atoms with E-state index in [2.05, 4.69) is 20.1 Å². The van der Waals surface area contributed by atoms with Gasteiger partial charge in [-0.05, 0) is 36.8 Å². The molecular formula is C18H12Cl3N5O. The van der Waals surface area contributed by atoms with Gasteiger partial charge in [0.15, 0.2) is 11.0 Å². The third kappa shape index (κ3) is 3.20. The zero-order valence-corrected chi connectivity index (χ0v) is 16.5. The molecule has 0 amide bonds. The summed E-state index contributed by atoms with van der Waals surface area (Å²) in [4.78, 5) is 13.2. The van der Waals surface area contributed by atoms with Crippen molar-refractivity contribution < 1.29 is 4.42 Å². The molecule has 0 fully saturated rings. The monoisotopic (exact) mass is 419 g/mol. The Morgan fingerprint density at radius 3 is 2.70 bits per heavy atom. The largest absolute Gasteiger partial charge is 0.418 e. The molecule has 3 aromatic heterocycles. The van der Waals surface area contributed by atoms with E-state index in [0.717, 1.165) is 16.5 Å². The number of nitrogens with zero attached hydrogens (tertiary/aromatic N) is 5. The molecule has 0 saturated heterocycles. The van der Waals surface area contributed by atoms with Crippen LogP contribution in [0.1, 0.15) is 5.56 Å². The van der Waals surface area contributed by atoms with E-state index in [0.29, 0.717) is 27.1 Å². The predicted octanol–water partition coefficient (Wildman–Crippen LogP) is 4.87. The van der Waals surface area contributed by atoms with Crippen LogP contribution in [0.5, 0.6) is 0 Å². The summed E-state index contributed by atoms with van der Waals surface area (Å²) in [7, 11) is 1.64. The van der Waals surface area contributed by atoms with Crippen molar-refractivity contribution in [1.29, 1.82) is 0 Å². The first-order valence-corrected chi connectivity index (χ1v) is 9.02. The van der Waals surface area contributed by atoms with Gasteiger partial charge in [0.1, 0.15) is 5.69 Å². The second-order valence-corrected chi connectivity index (χ2v) is 6.97. The van der Waals surface area contributed by atoms with E-state index >= 15 is 0 Å². The molecule has 1 aromatic carbocycles. The highest BCUT2D eigenvalue weighted by Gasteiger charge is 2.19. The van der Waals surface area contributed by atoms with Gasteiger partial charge in [0.2, 0.25) is 11.4 Å². The number of halogens is 3. The van der Waals surface area contributed by atoms with Crippen molar-refractivity contribution in [1.82, 2.24) is 19.7 Å². The van der Waals surface area contributed by atoms with E-state index in [9.17, 15) is 0 Å². The Morgan fingerprint density at radius 2 is 1.96 bits per heavy atom. The molecule has 9 heteroatoms. The topological polar surface area (TPSA) is 69.1 Å².